The molecule has 2 aromatic carbocycles. The van der Waals surface area contributed by atoms with Gasteiger partial charge in [-0.3, -0.25) is 9.69 Å². The molecular formula is C18H20ClFN2O2. The van der Waals surface area contributed by atoms with Crippen LogP contribution in [0.5, 0.6) is 5.75 Å². The monoisotopic (exact) mass is 350 g/mol. The third-order valence-electron chi connectivity index (χ3n) is 3.83. The quantitative estimate of drug-likeness (QED) is 0.857. The van der Waals surface area contributed by atoms with Crippen LogP contribution in [0.3, 0.4) is 0 Å². The highest BCUT2D eigenvalue weighted by atomic mass is 35.5. The molecule has 0 bridgehead atoms. The van der Waals surface area contributed by atoms with E-state index in [0.717, 1.165) is 5.56 Å². The van der Waals surface area contributed by atoms with Crippen LogP contribution in [0, 0.1) is 5.82 Å². The van der Waals surface area contributed by atoms with Gasteiger partial charge < -0.3 is 10.1 Å². The summed E-state index contributed by atoms with van der Waals surface area (Å²) in [5, 5.41) is 3.20. The van der Waals surface area contributed by atoms with Crippen molar-refractivity contribution in [2.45, 2.75) is 19.5 Å². The Kier molecular flexibility index (Phi) is 6.17. The molecule has 0 radical (unpaired) electrons. The zero-order valence-corrected chi connectivity index (χ0v) is 14.6. The molecule has 24 heavy (non-hydrogen) atoms. The number of carbonyl (C=O) groups excluding carboxylic acids is 1. The molecule has 2 rings (SSSR count). The molecule has 0 spiro atoms. The van der Waals surface area contributed by atoms with Gasteiger partial charge in [-0.25, -0.2) is 4.39 Å². The first-order valence-electron chi connectivity index (χ1n) is 7.50. The van der Waals surface area contributed by atoms with Gasteiger partial charge in [0.05, 0.1) is 18.8 Å². The SMILES string of the molecule is COc1ccc(Cl)cc1CN(C)[C@@H](C)C(=O)Nc1ccccc1F. The molecule has 1 amide bonds. The van der Waals surface area contributed by atoms with E-state index in [0.29, 0.717) is 17.3 Å². The van der Waals surface area contributed by atoms with Crippen LogP contribution in [0.15, 0.2) is 42.5 Å². The van der Waals surface area contributed by atoms with E-state index in [2.05, 4.69) is 5.32 Å². The van der Waals surface area contributed by atoms with Gasteiger partial charge in [0.15, 0.2) is 0 Å². The van der Waals surface area contributed by atoms with Gasteiger partial charge in [-0.05, 0) is 44.3 Å². The average molecular weight is 351 g/mol. The van der Waals surface area contributed by atoms with Gasteiger partial charge >= 0.3 is 0 Å². The second-order valence-electron chi connectivity index (χ2n) is 5.52. The number of benzene rings is 2. The Morgan fingerprint density at radius 2 is 2.04 bits per heavy atom. The summed E-state index contributed by atoms with van der Waals surface area (Å²) in [6, 6.07) is 11.0. The van der Waals surface area contributed by atoms with Crippen LogP contribution >= 0.6 is 11.6 Å². The average Bonchev–Trinajstić information content (AvgIpc) is 2.56. The summed E-state index contributed by atoms with van der Waals surface area (Å²) in [5.41, 5.74) is 1.04. The third-order valence-corrected chi connectivity index (χ3v) is 4.07. The van der Waals surface area contributed by atoms with Gasteiger partial charge in [-0.2, -0.15) is 0 Å². The van der Waals surface area contributed by atoms with E-state index in [1.807, 2.05) is 11.9 Å². The Morgan fingerprint density at radius 1 is 1.33 bits per heavy atom. The molecule has 0 aromatic heterocycles. The number of methoxy groups -OCH3 is 1. The summed E-state index contributed by atoms with van der Waals surface area (Å²) in [6.07, 6.45) is 0. The first-order valence-corrected chi connectivity index (χ1v) is 7.88. The Hall–Kier alpha value is -2.11. The summed E-state index contributed by atoms with van der Waals surface area (Å²) in [5.74, 6) is -0.0474. The molecule has 1 atom stereocenters. The van der Waals surface area contributed by atoms with Crippen molar-refractivity contribution in [3.8, 4) is 5.75 Å². The van der Waals surface area contributed by atoms with Crippen molar-refractivity contribution in [2.24, 2.45) is 0 Å². The van der Waals surface area contributed by atoms with Crippen molar-refractivity contribution in [3.05, 3.63) is 58.9 Å². The van der Waals surface area contributed by atoms with E-state index < -0.39 is 11.9 Å². The maximum Gasteiger partial charge on any atom is 0.241 e. The number of nitrogens with one attached hydrogen (secondary N) is 1. The van der Waals surface area contributed by atoms with Crippen LogP contribution in [-0.4, -0.2) is 31.0 Å². The van der Waals surface area contributed by atoms with Gasteiger partial charge in [0.1, 0.15) is 11.6 Å². The van der Waals surface area contributed by atoms with Gasteiger partial charge in [0.25, 0.3) is 0 Å². The lowest BCUT2D eigenvalue weighted by Gasteiger charge is -2.25. The predicted molar refractivity (Wildman–Crippen MR) is 94.0 cm³/mol. The van der Waals surface area contributed by atoms with Crippen LogP contribution in [0.2, 0.25) is 5.02 Å². The van der Waals surface area contributed by atoms with Gasteiger partial charge in [-0.15, -0.1) is 0 Å². The summed E-state index contributed by atoms with van der Waals surface area (Å²) in [7, 11) is 3.40. The number of carbonyl (C=O) groups is 1. The van der Waals surface area contributed by atoms with Crippen LogP contribution < -0.4 is 10.1 Å². The van der Waals surface area contributed by atoms with Crippen molar-refractivity contribution in [1.29, 1.82) is 0 Å². The van der Waals surface area contributed by atoms with Gasteiger partial charge in [0.2, 0.25) is 5.91 Å². The molecule has 4 nitrogen and oxygen atoms in total. The highest BCUT2D eigenvalue weighted by Gasteiger charge is 2.20. The normalized spacial score (nSPS) is 12.1. The predicted octanol–water partition coefficient (Wildman–Crippen LogP) is 3.95. The lowest BCUT2D eigenvalue weighted by Crippen LogP contribution is -2.39. The largest absolute Gasteiger partial charge is 0.496 e. The molecule has 0 saturated heterocycles. The molecule has 128 valence electrons. The number of hydrogen-bond acceptors (Lipinski definition) is 3. The zero-order chi connectivity index (χ0) is 17.7. The molecule has 1 N–H and O–H groups in total. The highest BCUT2D eigenvalue weighted by Crippen LogP contribution is 2.24. The summed E-state index contributed by atoms with van der Waals surface area (Å²) in [4.78, 5) is 14.2. The van der Waals surface area contributed by atoms with Crippen molar-refractivity contribution < 1.29 is 13.9 Å². The lowest BCUT2D eigenvalue weighted by atomic mass is 10.1. The Balaban J connectivity index is 2.06. The fourth-order valence-corrected chi connectivity index (χ4v) is 2.47. The van der Waals surface area contributed by atoms with Crippen LogP contribution in [0.25, 0.3) is 0 Å². The molecule has 0 heterocycles. The topological polar surface area (TPSA) is 41.6 Å². The summed E-state index contributed by atoms with van der Waals surface area (Å²) >= 11 is 6.03. The number of halogens is 2. The van der Waals surface area contributed by atoms with Crippen molar-refractivity contribution in [2.75, 3.05) is 19.5 Å². The number of amides is 1. The number of hydrogen-bond donors (Lipinski definition) is 1. The first kappa shape index (κ1) is 18.2. The summed E-state index contributed by atoms with van der Waals surface area (Å²) in [6.45, 7) is 2.22. The molecule has 0 aliphatic heterocycles. The minimum absolute atomic E-state index is 0.170. The van der Waals surface area contributed by atoms with E-state index in [1.54, 1.807) is 44.4 Å². The van der Waals surface area contributed by atoms with E-state index >= 15 is 0 Å². The van der Waals surface area contributed by atoms with Gasteiger partial charge in [-0.1, -0.05) is 23.7 Å². The molecule has 0 fully saturated rings. The lowest BCUT2D eigenvalue weighted by molar-refractivity contribution is -0.120. The number of para-hydroxylation sites is 1. The molecule has 2 aromatic rings. The van der Waals surface area contributed by atoms with Crippen molar-refractivity contribution in [3.63, 3.8) is 0 Å². The fourth-order valence-electron chi connectivity index (χ4n) is 2.28. The number of rotatable bonds is 6. The van der Waals surface area contributed by atoms with E-state index in [1.165, 1.54) is 12.1 Å². The summed E-state index contributed by atoms with van der Waals surface area (Å²) < 4.78 is 19.0. The number of nitrogens with zero attached hydrogens (tertiary/aromatic N) is 1. The zero-order valence-electron chi connectivity index (χ0n) is 13.8. The minimum atomic E-state index is -0.465. The third kappa shape index (κ3) is 4.46. The van der Waals surface area contributed by atoms with Crippen LogP contribution in [-0.2, 0) is 11.3 Å². The van der Waals surface area contributed by atoms with Crippen molar-refractivity contribution >= 4 is 23.2 Å². The molecule has 0 aliphatic carbocycles. The molecule has 0 unspecified atom stereocenters. The van der Waals surface area contributed by atoms with E-state index in [4.69, 9.17) is 16.3 Å². The Bertz CT molecular complexity index is 724. The van der Waals surface area contributed by atoms with Crippen LogP contribution in [0.4, 0.5) is 10.1 Å². The van der Waals surface area contributed by atoms with Crippen LogP contribution in [0.1, 0.15) is 12.5 Å². The standard InChI is InChI=1S/C18H20ClFN2O2/c1-12(18(23)21-16-7-5-4-6-15(16)20)22(2)11-13-10-14(19)8-9-17(13)24-3/h4-10,12H,11H2,1-3H3,(H,21,23)/t12-/m0/s1. The highest BCUT2D eigenvalue weighted by molar-refractivity contribution is 6.30. The van der Waals surface area contributed by atoms with Gasteiger partial charge in [0, 0.05) is 17.1 Å². The van der Waals surface area contributed by atoms with Crippen molar-refractivity contribution in [1.82, 2.24) is 4.90 Å². The van der Waals surface area contributed by atoms with E-state index in [9.17, 15) is 9.18 Å². The Morgan fingerprint density at radius 3 is 2.71 bits per heavy atom. The second kappa shape index (κ2) is 8.13. The molecule has 6 heteroatoms. The molecule has 0 saturated carbocycles. The minimum Gasteiger partial charge on any atom is -0.496 e. The molecule has 0 aliphatic rings. The number of ether oxygens (including phenoxy) is 1. The number of anilines is 1. The molecular weight excluding hydrogens is 331 g/mol. The maximum atomic E-state index is 13.6. The fraction of sp³-hybridized carbons (Fsp3) is 0.278. The maximum absolute atomic E-state index is 13.6. The van der Waals surface area contributed by atoms with E-state index in [-0.39, 0.29) is 11.6 Å². The number of likely N-dealkylation sites (N-methyl/N-ethyl adjacent to an activating group) is 1. The smallest absolute Gasteiger partial charge is 0.241 e. The first-order chi connectivity index (χ1) is 11.4. The Labute approximate surface area is 146 Å². The second-order valence-corrected chi connectivity index (χ2v) is 5.95.